The van der Waals surface area contributed by atoms with Gasteiger partial charge in [0.25, 0.3) is 0 Å². The first-order chi connectivity index (χ1) is 10.9. The van der Waals surface area contributed by atoms with E-state index in [1.54, 1.807) is 0 Å². The van der Waals surface area contributed by atoms with Gasteiger partial charge in [0, 0.05) is 6.54 Å². The quantitative estimate of drug-likeness (QED) is 0.787. The van der Waals surface area contributed by atoms with Crippen molar-refractivity contribution >= 4 is 17.7 Å². The number of benzene rings is 1. The largest absolute Gasteiger partial charge is 0.482 e. The molecule has 7 heteroatoms. The molecule has 1 amide bonds. The third-order valence-corrected chi connectivity index (χ3v) is 4.62. The summed E-state index contributed by atoms with van der Waals surface area (Å²) in [5.74, 6) is 1.39. The van der Waals surface area contributed by atoms with E-state index in [1.807, 2.05) is 37.5 Å². The number of rotatable bonds is 7. The van der Waals surface area contributed by atoms with Crippen LogP contribution in [0.2, 0.25) is 0 Å². The Bertz CT molecular complexity index is 699. The molecule has 2 N–H and O–H groups in total. The summed E-state index contributed by atoms with van der Waals surface area (Å²) < 4.78 is 8.02. The number of thioether (sulfide) groups is 1. The first kappa shape index (κ1) is 17.3. The summed E-state index contributed by atoms with van der Waals surface area (Å²) in [6.45, 7) is 8.74. The van der Waals surface area contributed by atoms with Crippen molar-refractivity contribution in [3.63, 3.8) is 0 Å². The fourth-order valence-corrected chi connectivity index (χ4v) is 2.98. The molecule has 0 radical (unpaired) electrons. The van der Waals surface area contributed by atoms with E-state index in [2.05, 4.69) is 23.2 Å². The van der Waals surface area contributed by atoms with Crippen LogP contribution in [-0.2, 0) is 11.3 Å². The molecule has 2 aromatic rings. The molecule has 2 rings (SSSR count). The van der Waals surface area contributed by atoms with Crippen LogP contribution in [-0.4, -0.2) is 26.4 Å². The molecule has 0 spiro atoms. The Balaban J connectivity index is 2.20. The molecule has 23 heavy (non-hydrogen) atoms. The number of hydrogen-bond acceptors (Lipinski definition) is 5. The van der Waals surface area contributed by atoms with E-state index in [0.717, 1.165) is 17.1 Å². The molecule has 1 atom stereocenters. The van der Waals surface area contributed by atoms with Crippen LogP contribution in [0.25, 0.3) is 0 Å². The lowest BCUT2D eigenvalue weighted by Crippen LogP contribution is -2.15. The van der Waals surface area contributed by atoms with Crippen LogP contribution in [0.1, 0.15) is 36.9 Å². The van der Waals surface area contributed by atoms with Crippen molar-refractivity contribution in [1.29, 1.82) is 0 Å². The molecule has 0 bridgehead atoms. The van der Waals surface area contributed by atoms with Crippen molar-refractivity contribution in [2.75, 3.05) is 5.75 Å². The summed E-state index contributed by atoms with van der Waals surface area (Å²) in [5, 5.41) is 9.06. The number of carbonyl (C=O) groups is 1. The molecular formula is C16H22N4O2S. The van der Waals surface area contributed by atoms with Gasteiger partial charge in [-0.15, -0.1) is 10.2 Å². The van der Waals surface area contributed by atoms with E-state index in [4.69, 9.17) is 10.5 Å². The van der Waals surface area contributed by atoms with Crippen LogP contribution < -0.4 is 10.5 Å². The molecule has 0 aliphatic carbocycles. The zero-order chi connectivity index (χ0) is 17.0. The van der Waals surface area contributed by atoms with Gasteiger partial charge in [0.15, 0.2) is 17.1 Å². The maximum Gasteiger partial charge on any atom is 0.227 e. The van der Waals surface area contributed by atoms with E-state index in [9.17, 15) is 4.79 Å². The molecular weight excluding hydrogens is 312 g/mol. The second-order valence-corrected chi connectivity index (χ2v) is 6.24. The number of ether oxygens (including phenoxy) is 1. The number of nitrogens with zero attached hydrogens (tertiary/aromatic N) is 3. The highest BCUT2D eigenvalue weighted by Crippen LogP contribution is 2.27. The number of primary amides is 1. The lowest BCUT2D eigenvalue weighted by molar-refractivity contribution is -0.115. The maximum absolute atomic E-state index is 10.9. The fourth-order valence-electron chi connectivity index (χ4n) is 2.24. The zero-order valence-corrected chi connectivity index (χ0v) is 14.7. The number of aryl methyl sites for hydroxylation is 1. The van der Waals surface area contributed by atoms with Crippen LogP contribution in [0.4, 0.5) is 0 Å². The normalized spacial score (nSPS) is 12.2. The zero-order valence-electron chi connectivity index (χ0n) is 13.9. The Morgan fingerprint density at radius 3 is 2.78 bits per heavy atom. The van der Waals surface area contributed by atoms with Crippen LogP contribution in [0.15, 0.2) is 23.4 Å². The standard InChI is InChI=1S/C16H22N4O2S/c1-5-20-15(18-19-16(20)23-9-14(17)21)12(4)22-13-8-6-7-10(2)11(13)3/h6-8,12H,5,9H2,1-4H3,(H2,17,21). The van der Waals surface area contributed by atoms with Gasteiger partial charge in [0.05, 0.1) is 5.75 Å². The third-order valence-electron chi connectivity index (χ3n) is 3.63. The number of aromatic nitrogens is 3. The van der Waals surface area contributed by atoms with Crippen molar-refractivity contribution in [3.05, 3.63) is 35.2 Å². The van der Waals surface area contributed by atoms with Crippen molar-refractivity contribution in [3.8, 4) is 5.75 Å². The molecule has 1 unspecified atom stereocenters. The molecule has 0 aliphatic rings. The predicted molar refractivity (Wildman–Crippen MR) is 90.6 cm³/mol. The Morgan fingerprint density at radius 1 is 1.39 bits per heavy atom. The Morgan fingerprint density at radius 2 is 2.13 bits per heavy atom. The highest BCUT2D eigenvalue weighted by atomic mass is 32.2. The molecule has 0 saturated carbocycles. The Kier molecular flexibility index (Phi) is 5.65. The van der Waals surface area contributed by atoms with Crippen molar-refractivity contribution < 1.29 is 9.53 Å². The number of nitrogens with two attached hydrogens (primary N) is 1. The Labute approximate surface area is 140 Å². The van der Waals surface area contributed by atoms with Gasteiger partial charge in [-0.1, -0.05) is 23.9 Å². The average molecular weight is 334 g/mol. The SMILES string of the molecule is CCn1c(SCC(N)=O)nnc1C(C)Oc1cccc(C)c1C. The van der Waals surface area contributed by atoms with Crippen LogP contribution in [0.3, 0.4) is 0 Å². The van der Waals surface area contributed by atoms with Crippen molar-refractivity contribution in [2.45, 2.75) is 45.5 Å². The highest BCUT2D eigenvalue weighted by molar-refractivity contribution is 7.99. The van der Waals surface area contributed by atoms with Crippen molar-refractivity contribution in [2.24, 2.45) is 5.73 Å². The highest BCUT2D eigenvalue weighted by Gasteiger charge is 2.19. The first-order valence-corrected chi connectivity index (χ1v) is 8.49. The lowest BCUT2D eigenvalue weighted by Gasteiger charge is -2.17. The van der Waals surface area contributed by atoms with E-state index in [0.29, 0.717) is 11.7 Å². The second kappa shape index (κ2) is 7.50. The predicted octanol–water partition coefficient (Wildman–Crippen LogP) is 2.63. The topological polar surface area (TPSA) is 83.0 Å². The van der Waals surface area contributed by atoms with E-state index < -0.39 is 0 Å². The summed E-state index contributed by atoms with van der Waals surface area (Å²) in [6.07, 6.45) is -0.245. The second-order valence-electron chi connectivity index (χ2n) is 5.30. The molecule has 0 saturated heterocycles. The number of hydrogen-bond donors (Lipinski definition) is 1. The molecule has 0 aliphatic heterocycles. The van der Waals surface area contributed by atoms with Gasteiger partial charge in [0.1, 0.15) is 5.75 Å². The summed E-state index contributed by atoms with van der Waals surface area (Å²) in [4.78, 5) is 10.9. The minimum atomic E-state index is -0.373. The first-order valence-electron chi connectivity index (χ1n) is 7.51. The summed E-state index contributed by atoms with van der Waals surface area (Å²) in [7, 11) is 0. The van der Waals surface area contributed by atoms with Crippen LogP contribution >= 0.6 is 11.8 Å². The minimum absolute atomic E-state index is 0.185. The van der Waals surface area contributed by atoms with Crippen molar-refractivity contribution in [1.82, 2.24) is 14.8 Å². The van der Waals surface area contributed by atoms with Gasteiger partial charge in [0.2, 0.25) is 5.91 Å². The van der Waals surface area contributed by atoms with Gasteiger partial charge in [-0.2, -0.15) is 0 Å². The molecule has 1 aromatic carbocycles. The monoisotopic (exact) mass is 334 g/mol. The number of amides is 1. The van der Waals surface area contributed by atoms with Crippen LogP contribution in [0.5, 0.6) is 5.75 Å². The molecule has 0 fully saturated rings. The van der Waals surface area contributed by atoms with Crippen LogP contribution in [0, 0.1) is 13.8 Å². The van der Waals surface area contributed by atoms with Gasteiger partial charge in [-0.05, 0) is 44.9 Å². The molecule has 6 nitrogen and oxygen atoms in total. The molecule has 124 valence electrons. The maximum atomic E-state index is 10.9. The molecule has 1 aromatic heterocycles. The summed E-state index contributed by atoms with van der Waals surface area (Å²) >= 11 is 1.29. The third kappa shape index (κ3) is 4.04. The van der Waals surface area contributed by atoms with Gasteiger partial charge in [-0.25, -0.2) is 0 Å². The van der Waals surface area contributed by atoms with Gasteiger partial charge >= 0.3 is 0 Å². The summed E-state index contributed by atoms with van der Waals surface area (Å²) in [5.41, 5.74) is 7.49. The van der Waals surface area contributed by atoms with E-state index >= 15 is 0 Å². The van der Waals surface area contributed by atoms with E-state index in [-0.39, 0.29) is 17.8 Å². The minimum Gasteiger partial charge on any atom is -0.482 e. The smallest absolute Gasteiger partial charge is 0.227 e. The van der Waals surface area contributed by atoms with E-state index in [1.165, 1.54) is 17.3 Å². The Hall–Kier alpha value is -2.02. The average Bonchev–Trinajstić information content (AvgIpc) is 2.92. The summed E-state index contributed by atoms with van der Waals surface area (Å²) in [6, 6.07) is 5.98. The number of carbonyl (C=O) groups excluding carboxylic acids is 1. The molecule has 1 heterocycles. The van der Waals surface area contributed by atoms with Gasteiger partial charge in [-0.3, -0.25) is 4.79 Å². The van der Waals surface area contributed by atoms with Gasteiger partial charge < -0.3 is 15.0 Å². The fraction of sp³-hybridized carbons (Fsp3) is 0.438. The lowest BCUT2D eigenvalue weighted by atomic mass is 10.1.